The summed E-state index contributed by atoms with van der Waals surface area (Å²) in [5, 5.41) is 8.73. The highest BCUT2D eigenvalue weighted by atomic mass is 16.3. The van der Waals surface area contributed by atoms with Crippen LogP contribution in [0.5, 0.6) is 0 Å². The molecule has 3 heterocycles. The molecule has 7 aromatic carbocycles. The summed E-state index contributed by atoms with van der Waals surface area (Å²) in [4.78, 5) is 20.6. The van der Waals surface area contributed by atoms with E-state index in [0.29, 0.717) is 23.2 Å². The minimum atomic E-state index is 0.543. The van der Waals surface area contributed by atoms with Crippen LogP contribution in [-0.2, 0) is 0 Å². The number of pyridine rings is 1. The first-order valence-corrected chi connectivity index (χ1v) is 16.3. The molecule has 10 aromatic rings. The Hall–Kier alpha value is -6.72. The van der Waals surface area contributed by atoms with Crippen LogP contribution in [0.15, 0.2) is 162 Å². The van der Waals surface area contributed by atoms with Gasteiger partial charge in [-0.15, -0.1) is 0 Å². The lowest BCUT2D eigenvalue weighted by Crippen LogP contribution is -2.01. The number of para-hydroxylation sites is 1. The molecule has 0 saturated carbocycles. The molecule has 5 nitrogen and oxygen atoms in total. The number of rotatable bonds is 4. The molecule has 0 atom stereocenters. The van der Waals surface area contributed by atoms with Crippen molar-refractivity contribution >= 4 is 54.4 Å². The van der Waals surface area contributed by atoms with E-state index in [9.17, 15) is 0 Å². The van der Waals surface area contributed by atoms with E-state index in [-0.39, 0.29) is 0 Å². The summed E-state index contributed by atoms with van der Waals surface area (Å²) in [5.74, 6) is 1.76. The molecular formula is C44H26N4O. The van der Waals surface area contributed by atoms with Gasteiger partial charge in [0.25, 0.3) is 0 Å². The maximum Gasteiger partial charge on any atom is 0.228 e. The molecule has 0 saturated heterocycles. The molecule has 0 aliphatic rings. The van der Waals surface area contributed by atoms with E-state index >= 15 is 0 Å². The minimum absolute atomic E-state index is 0.543. The van der Waals surface area contributed by atoms with Crippen LogP contribution in [0.1, 0.15) is 0 Å². The summed E-state index contributed by atoms with van der Waals surface area (Å²) in [7, 11) is 0. The summed E-state index contributed by atoms with van der Waals surface area (Å²) in [6.07, 6.45) is 0. The Kier molecular flexibility index (Phi) is 6.11. The van der Waals surface area contributed by atoms with Crippen LogP contribution >= 0.6 is 0 Å². The smallest absolute Gasteiger partial charge is 0.228 e. The first-order valence-electron chi connectivity index (χ1n) is 16.3. The van der Waals surface area contributed by atoms with E-state index in [1.807, 2.05) is 18.2 Å². The van der Waals surface area contributed by atoms with Crippen molar-refractivity contribution in [2.75, 3.05) is 0 Å². The van der Waals surface area contributed by atoms with Gasteiger partial charge in [0.1, 0.15) is 5.58 Å². The van der Waals surface area contributed by atoms with Crippen LogP contribution in [-0.4, -0.2) is 19.9 Å². The van der Waals surface area contributed by atoms with Crippen LogP contribution in [0.2, 0.25) is 0 Å². The summed E-state index contributed by atoms with van der Waals surface area (Å²) in [6, 6.07) is 54.3. The Morgan fingerprint density at radius 3 is 1.43 bits per heavy atom. The number of hydrogen-bond donors (Lipinski definition) is 0. The summed E-state index contributed by atoms with van der Waals surface area (Å²) in [6.45, 7) is 0. The fourth-order valence-corrected chi connectivity index (χ4v) is 6.81. The molecule has 0 radical (unpaired) electrons. The lowest BCUT2D eigenvalue weighted by molar-refractivity contribution is 0.654. The zero-order valence-electron chi connectivity index (χ0n) is 26.2. The zero-order valence-corrected chi connectivity index (χ0v) is 26.2. The number of benzene rings is 7. The minimum Gasteiger partial charge on any atom is -0.438 e. The van der Waals surface area contributed by atoms with Gasteiger partial charge in [-0.2, -0.15) is 0 Å². The van der Waals surface area contributed by atoms with Crippen molar-refractivity contribution in [1.82, 2.24) is 19.9 Å². The normalized spacial score (nSPS) is 11.7. The fraction of sp³-hybridized carbons (Fsp3) is 0. The molecule has 5 heteroatoms. The second kappa shape index (κ2) is 10.9. The first-order chi connectivity index (χ1) is 24.2. The predicted molar refractivity (Wildman–Crippen MR) is 199 cm³/mol. The highest BCUT2D eigenvalue weighted by Gasteiger charge is 2.21. The van der Waals surface area contributed by atoms with Gasteiger partial charge in [-0.05, 0) is 62.6 Å². The van der Waals surface area contributed by atoms with Gasteiger partial charge in [0, 0.05) is 27.6 Å². The third kappa shape index (κ3) is 4.71. The standard InChI is InChI=1S/C44H26N4O/c1-4-12-30-23-33(20-17-27(30)9-1)38-26-37(40-36-15-7-8-16-39(36)49-44(40)45-38)43-47-41(34-21-18-28-10-2-5-13-31(28)24-34)46-42(48-43)35-22-19-29-11-3-6-14-32(29)25-35/h1-26H. The highest BCUT2D eigenvalue weighted by Crippen LogP contribution is 2.39. The average Bonchev–Trinajstić information content (AvgIpc) is 3.55. The molecular weight excluding hydrogens is 601 g/mol. The van der Waals surface area contributed by atoms with Crippen molar-refractivity contribution in [2.24, 2.45) is 0 Å². The van der Waals surface area contributed by atoms with E-state index in [4.69, 9.17) is 24.4 Å². The Labute approximate surface area is 281 Å². The Bertz CT molecular complexity index is 2810. The van der Waals surface area contributed by atoms with Gasteiger partial charge in [-0.1, -0.05) is 127 Å². The largest absolute Gasteiger partial charge is 0.438 e. The van der Waals surface area contributed by atoms with Gasteiger partial charge < -0.3 is 4.42 Å². The molecule has 0 N–H and O–H groups in total. The van der Waals surface area contributed by atoms with Crippen molar-refractivity contribution in [2.45, 2.75) is 0 Å². The highest BCUT2D eigenvalue weighted by molar-refractivity contribution is 6.11. The summed E-state index contributed by atoms with van der Waals surface area (Å²) < 4.78 is 6.41. The second-order valence-electron chi connectivity index (χ2n) is 12.3. The number of furan rings is 1. The number of fused-ring (bicyclic) bond motifs is 6. The fourth-order valence-electron chi connectivity index (χ4n) is 6.81. The molecule has 49 heavy (non-hydrogen) atoms. The van der Waals surface area contributed by atoms with Gasteiger partial charge >= 0.3 is 0 Å². The molecule has 0 aliphatic heterocycles. The Morgan fingerprint density at radius 1 is 0.367 bits per heavy atom. The van der Waals surface area contributed by atoms with Gasteiger partial charge in [-0.25, -0.2) is 19.9 Å². The van der Waals surface area contributed by atoms with Gasteiger partial charge in [0.15, 0.2) is 17.5 Å². The second-order valence-corrected chi connectivity index (χ2v) is 12.3. The first kappa shape index (κ1) is 27.4. The third-order valence-corrected chi connectivity index (χ3v) is 9.29. The molecule has 0 spiro atoms. The van der Waals surface area contributed by atoms with Crippen LogP contribution in [0, 0.1) is 0 Å². The van der Waals surface area contributed by atoms with E-state index in [1.165, 1.54) is 5.39 Å². The van der Waals surface area contributed by atoms with Crippen molar-refractivity contribution in [3.05, 3.63) is 158 Å². The molecule has 0 bridgehead atoms. The summed E-state index contributed by atoms with van der Waals surface area (Å²) >= 11 is 0. The third-order valence-electron chi connectivity index (χ3n) is 9.29. The quantitative estimate of drug-likeness (QED) is 0.194. The molecule has 0 amide bonds. The van der Waals surface area contributed by atoms with Gasteiger partial charge in [-0.3, -0.25) is 0 Å². The lowest BCUT2D eigenvalue weighted by atomic mass is 10.0. The van der Waals surface area contributed by atoms with Crippen LogP contribution in [0.3, 0.4) is 0 Å². The molecule has 0 fully saturated rings. The van der Waals surface area contributed by atoms with Crippen molar-refractivity contribution in [1.29, 1.82) is 0 Å². The molecule has 0 unspecified atom stereocenters. The van der Waals surface area contributed by atoms with E-state index in [2.05, 4.69) is 140 Å². The topological polar surface area (TPSA) is 64.7 Å². The van der Waals surface area contributed by atoms with Crippen molar-refractivity contribution in [3.8, 4) is 45.4 Å². The zero-order chi connectivity index (χ0) is 32.3. The molecule has 228 valence electrons. The molecule has 3 aromatic heterocycles. The van der Waals surface area contributed by atoms with E-state index in [1.54, 1.807) is 0 Å². The van der Waals surface area contributed by atoms with Crippen molar-refractivity contribution < 1.29 is 4.42 Å². The Balaban J connectivity index is 1.26. The van der Waals surface area contributed by atoms with Crippen LogP contribution < -0.4 is 0 Å². The number of hydrogen-bond acceptors (Lipinski definition) is 5. The lowest BCUT2D eigenvalue weighted by Gasteiger charge is -2.12. The monoisotopic (exact) mass is 626 g/mol. The van der Waals surface area contributed by atoms with Gasteiger partial charge in [0.2, 0.25) is 5.71 Å². The molecule has 0 aliphatic carbocycles. The van der Waals surface area contributed by atoms with Crippen molar-refractivity contribution in [3.63, 3.8) is 0 Å². The van der Waals surface area contributed by atoms with Crippen LogP contribution in [0.25, 0.3) is 99.8 Å². The average molecular weight is 627 g/mol. The Morgan fingerprint density at radius 2 is 0.837 bits per heavy atom. The SMILES string of the molecule is c1ccc2cc(-c3cc(-c4nc(-c5ccc6ccccc6c5)nc(-c5ccc6ccccc6c5)n4)c4c(n3)oc3ccccc34)ccc2c1. The summed E-state index contributed by atoms with van der Waals surface area (Å²) in [5.41, 5.74) is 5.75. The maximum atomic E-state index is 6.41. The van der Waals surface area contributed by atoms with Gasteiger partial charge in [0.05, 0.1) is 11.1 Å². The number of aromatic nitrogens is 4. The van der Waals surface area contributed by atoms with E-state index in [0.717, 1.165) is 71.2 Å². The maximum absolute atomic E-state index is 6.41. The van der Waals surface area contributed by atoms with E-state index < -0.39 is 0 Å². The number of nitrogens with zero attached hydrogens (tertiary/aromatic N) is 4. The predicted octanol–water partition coefficient (Wildman–Crippen LogP) is 11.3. The molecule has 10 rings (SSSR count). The van der Waals surface area contributed by atoms with Crippen LogP contribution in [0.4, 0.5) is 0 Å².